The monoisotopic (exact) mass is 272 g/mol. The van der Waals surface area contributed by atoms with Crippen LogP contribution in [0.3, 0.4) is 0 Å². The zero-order chi connectivity index (χ0) is 14.6. The molecular weight excluding hydrogens is 252 g/mol. The number of ether oxygens (including phenoxy) is 1. The highest BCUT2D eigenvalue weighted by molar-refractivity contribution is 5.23. The molecule has 0 aliphatic heterocycles. The van der Waals surface area contributed by atoms with Crippen molar-refractivity contribution >= 4 is 0 Å². The van der Waals surface area contributed by atoms with Crippen molar-refractivity contribution in [2.75, 3.05) is 6.61 Å². The summed E-state index contributed by atoms with van der Waals surface area (Å²) in [5.41, 5.74) is -0.917. The molecule has 0 spiro atoms. The van der Waals surface area contributed by atoms with E-state index in [1.54, 1.807) is 12.4 Å². The summed E-state index contributed by atoms with van der Waals surface area (Å²) in [7, 11) is 0. The molecule has 0 fully saturated rings. The second-order valence-electron chi connectivity index (χ2n) is 5.84. The van der Waals surface area contributed by atoms with Gasteiger partial charge in [0.05, 0.1) is 0 Å². The fourth-order valence-corrected chi connectivity index (χ4v) is 1.95. The average Bonchev–Trinajstić information content (AvgIpc) is 2.45. The van der Waals surface area contributed by atoms with Crippen molar-refractivity contribution in [3.8, 4) is 5.75 Å². The minimum absolute atomic E-state index is 0.147. The molecule has 20 heavy (non-hydrogen) atoms. The van der Waals surface area contributed by atoms with Crippen LogP contribution < -0.4 is 4.74 Å². The third kappa shape index (κ3) is 2.96. The first-order valence-corrected chi connectivity index (χ1v) is 6.59. The number of aromatic nitrogens is 2. The van der Waals surface area contributed by atoms with Crippen LogP contribution in [0.25, 0.3) is 0 Å². The van der Waals surface area contributed by atoms with E-state index in [2.05, 4.69) is 9.97 Å². The van der Waals surface area contributed by atoms with Crippen LogP contribution >= 0.6 is 0 Å². The molecule has 0 radical (unpaired) electrons. The average molecular weight is 272 g/mol. The lowest BCUT2D eigenvalue weighted by molar-refractivity contribution is -0.0949. The number of benzene rings is 1. The van der Waals surface area contributed by atoms with Crippen molar-refractivity contribution in [1.82, 2.24) is 9.97 Å². The first kappa shape index (κ1) is 14.5. The molecule has 0 aliphatic carbocycles. The Bertz CT molecular complexity index is 537. The molecule has 1 heterocycles. The molecular formula is C16H20N2O2. The van der Waals surface area contributed by atoms with Gasteiger partial charge in [-0.05, 0) is 17.5 Å². The predicted molar refractivity (Wildman–Crippen MR) is 77.3 cm³/mol. The summed E-state index contributed by atoms with van der Waals surface area (Å²) in [6.07, 6.45) is 4.71. The van der Waals surface area contributed by atoms with Crippen LogP contribution in [0.4, 0.5) is 0 Å². The van der Waals surface area contributed by atoms with Crippen LogP contribution in [0.2, 0.25) is 0 Å². The van der Waals surface area contributed by atoms with Crippen molar-refractivity contribution < 1.29 is 9.84 Å². The van der Waals surface area contributed by atoms with E-state index < -0.39 is 11.0 Å². The van der Waals surface area contributed by atoms with E-state index in [0.29, 0.717) is 5.56 Å². The normalized spacial score (nSPS) is 14.6. The summed E-state index contributed by atoms with van der Waals surface area (Å²) in [5.74, 6) is 0.729. The van der Waals surface area contributed by atoms with Gasteiger partial charge in [-0.15, -0.1) is 0 Å². The first-order chi connectivity index (χ1) is 9.43. The van der Waals surface area contributed by atoms with Crippen molar-refractivity contribution in [2.45, 2.75) is 26.4 Å². The van der Waals surface area contributed by atoms with Crippen LogP contribution in [-0.2, 0) is 5.60 Å². The van der Waals surface area contributed by atoms with E-state index in [0.717, 1.165) is 5.75 Å². The van der Waals surface area contributed by atoms with E-state index in [9.17, 15) is 5.11 Å². The first-order valence-electron chi connectivity index (χ1n) is 6.59. The molecule has 4 nitrogen and oxygen atoms in total. The van der Waals surface area contributed by atoms with Gasteiger partial charge in [-0.3, -0.25) is 0 Å². The highest BCUT2D eigenvalue weighted by Gasteiger charge is 2.43. The van der Waals surface area contributed by atoms with Gasteiger partial charge in [-0.2, -0.15) is 0 Å². The van der Waals surface area contributed by atoms with Gasteiger partial charge in [0.2, 0.25) is 0 Å². The Labute approximate surface area is 119 Å². The minimum atomic E-state index is -1.16. The summed E-state index contributed by atoms with van der Waals surface area (Å²) in [4.78, 5) is 7.99. The van der Waals surface area contributed by atoms with E-state index in [1.807, 2.05) is 51.1 Å². The van der Waals surface area contributed by atoms with E-state index in [1.165, 1.54) is 6.33 Å². The van der Waals surface area contributed by atoms with E-state index >= 15 is 0 Å². The molecule has 1 aromatic heterocycles. The summed E-state index contributed by atoms with van der Waals surface area (Å²) in [5, 5.41) is 11.1. The maximum Gasteiger partial charge on any atom is 0.131 e. The topological polar surface area (TPSA) is 55.2 Å². The highest BCUT2D eigenvalue weighted by Crippen LogP contribution is 2.39. The number of hydrogen-bond donors (Lipinski definition) is 1. The summed E-state index contributed by atoms with van der Waals surface area (Å²) >= 11 is 0. The van der Waals surface area contributed by atoms with Gasteiger partial charge in [0.1, 0.15) is 24.3 Å². The Morgan fingerprint density at radius 1 is 1.05 bits per heavy atom. The fourth-order valence-electron chi connectivity index (χ4n) is 1.95. The number of para-hydroxylation sites is 1. The van der Waals surface area contributed by atoms with Gasteiger partial charge < -0.3 is 9.84 Å². The second kappa shape index (κ2) is 5.59. The zero-order valence-electron chi connectivity index (χ0n) is 12.1. The molecule has 0 saturated carbocycles. The highest BCUT2D eigenvalue weighted by atomic mass is 16.5. The van der Waals surface area contributed by atoms with Gasteiger partial charge in [-0.25, -0.2) is 9.97 Å². The third-order valence-electron chi connectivity index (χ3n) is 3.47. The number of nitrogens with zero attached hydrogens (tertiary/aromatic N) is 2. The summed E-state index contributed by atoms with van der Waals surface area (Å²) in [6, 6.07) is 9.46. The van der Waals surface area contributed by atoms with Crippen LogP contribution in [0.5, 0.6) is 5.75 Å². The molecule has 1 unspecified atom stereocenters. The van der Waals surface area contributed by atoms with Gasteiger partial charge in [0, 0.05) is 18.0 Å². The SMILES string of the molecule is CC(C)(C)C(O)(COc1ccccc1)c1cncnc1. The lowest BCUT2D eigenvalue weighted by Crippen LogP contribution is -2.45. The Morgan fingerprint density at radius 2 is 1.65 bits per heavy atom. The standard InChI is InChI=1S/C16H20N2O2/c1-15(2,3)16(19,13-9-17-12-18-10-13)11-20-14-7-5-4-6-8-14/h4-10,12,19H,11H2,1-3H3. The van der Waals surface area contributed by atoms with Crippen molar-refractivity contribution in [2.24, 2.45) is 5.41 Å². The van der Waals surface area contributed by atoms with Gasteiger partial charge in [0.15, 0.2) is 0 Å². The lowest BCUT2D eigenvalue weighted by Gasteiger charge is -2.39. The largest absolute Gasteiger partial charge is 0.490 e. The molecule has 1 N–H and O–H groups in total. The van der Waals surface area contributed by atoms with E-state index in [-0.39, 0.29) is 6.61 Å². The van der Waals surface area contributed by atoms with E-state index in [4.69, 9.17) is 4.74 Å². The molecule has 106 valence electrons. The lowest BCUT2D eigenvalue weighted by atomic mass is 9.73. The van der Waals surface area contributed by atoms with Crippen LogP contribution in [0.15, 0.2) is 49.1 Å². The Hall–Kier alpha value is -1.94. The summed E-state index contributed by atoms with van der Waals surface area (Å²) in [6.45, 7) is 6.05. The maximum atomic E-state index is 11.1. The molecule has 0 bridgehead atoms. The van der Waals surface area contributed by atoms with Gasteiger partial charge in [-0.1, -0.05) is 39.0 Å². The number of rotatable bonds is 4. The Balaban J connectivity index is 2.25. The molecule has 2 rings (SSSR count). The second-order valence-corrected chi connectivity index (χ2v) is 5.84. The number of hydrogen-bond acceptors (Lipinski definition) is 4. The fraction of sp³-hybridized carbons (Fsp3) is 0.375. The van der Waals surface area contributed by atoms with Gasteiger partial charge in [0.25, 0.3) is 0 Å². The van der Waals surface area contributed by atoms with Gasteiger partial charge >= 0.3 is 0 Å². The Morgan fingerprint density at radius 3 is 2.20 bits per heavy atom. The zero-order valence-corrected chi connectivity index (χ0v) is 12.1. The minimum Gasteiger partial charge on any atom is -0.490 e. The molecule has 2 aromatic rings. The summed E-state index contributed by atoms with van der Waals surface area (Å²) < 4.78 is 5.75. The molecule has 1 atom stereocenters. The van der Waals surface area contributed by atoms with Crippen molar-refractivity contribution in [3.63, 3.8) is 0 Å². The molecule has 0 aliphatic rings. The molecule has 0 amide bonds. The maximum absolute atomic E-state index is 11.1. The molecule has 4 heteroatoms. The van der Waals surface area contributed by atoms with Crippen LogP contribution in [0, 0.1) is 5.41 Å². The third-order valence-corrected chi connectivity index (χ3v) is 3.47. The molecule has 0 saturated heterocycles. The Kier molecular flexibility index (Phi) is 4.04. The van der Waals surface area contributed by atoms with Crippen molar-refractivity contribution in [3.05, 3.63) is 54.6 Å². The molecule has 1 aromatic carbocycles. The van der Waals surface area contributed by atoms with Crippen molar-refractivity contribution in [1.29, 1.82) is 0 Å². The van der Waals surface area contributed by atoms with Crippen LogP contribution in [-0.4, -0.2) is 21.7 Å². The smallest absolute Gasteiger partial charge is 0.131 e. The quantitative estimate of drug-likeness (QED) is 0.930. The number of aliphatic hydroxyl groups is 1. The van der Waals surface area contributed by atoms with Crippen LogP contribution in [0.1, 0.15) is 26.3 Å². The predicted octanol–water partition coefficient (Wildman–Crippen LogP) is 2.79.